The molecule has 1 unspecified atom stereocenters. The van der Waals surface area contributed by atoms with Crippen molar-refractivity contribution in [2.24, 2.45) is 0 Å². The van der Waals surface area contributed by atoms with Gasteiger partial charge in [-0.25, -0.2) is 0 Å². The van der Waals surface area contributed by atoms with E-state index in [1.54, 1.807) is 6.92 Å². The number of carbonyl (C=O) groups excluding carboxylic acids is 1. The Hall–Kier alpha value is -1.39. The summed E-state index contributed by atoms with van der Waals surface area (Å²) >= 11 is 0. The van der Waals surface area contributed by atoms with Gasteiger partial charge in [0.25, 0.3) is 0 Å². The van der Waals surface area contributed by atoms with Crippen LogP contribution in [0.4, 0.5) is 5.69 Å². The SMILES string of the molecule is CNCC1CN(c2cccc(C(C)=O)c2)CCO1. The van der Waals surface area contributed by atoms with Crippen LogP contribution in [0, 0.1) is 0 Å². The van der Waals surface area contributed by atoms with Gasteiger partial charge in [0.1, 0.15) is 0 Å². The van der Waals surface area contributed by atoms with Crippen LogP contribution in [0.2, 0.25) is 0 Å². The van der Waals surface area contributed by atoms with Gasteiger partial charge in [-0.1, -0.05) is 12.1 Å². The summed E-state index contributed by atoms with van der Waals surface area (Å²) in [6, 6.07) is 7.81. The zero-order valence-electron chi connectivity index (χ0n) is 11.0. The average molecular weight is 248 g/mol. The number of nitrogens with one attached hydrogen (secondary N) is 1. The summed E-state index contributed by atoms with van der Waals surface area (Å²) in [4.78, 5) is 13.7. The van der Waals surface area contributed by atoms with Gasteiger partial charge in [0.2, 0.25) is 0 Å². The highest BCUT2D eigenvalue weighted by molar-refractivity contribution is 5.94. The Morgan fingerprint density at radius 1 is 1.56 bits per heavy atom. The number of hydrogen-bond donors (Lipinski definition) is 1. The molecule has 0 amide bonds. The van der Waals surface area contributed by atoms with Gasteiger partial charge >= 0.3 is 0 Å². The van der Waals surface area contributed by atoms with Crippen LogP contribution in [0.1, 0.15) is 17.3 Å². The van der Waals surface area contributed by atoms with Gasteiger partial charge in [-0.15, -0.1) is 0 Å². The lowest BCUT2D eigenvalue weighted by Gasteiger charge is -2.34. The van der Waals surface area contributed by atoms with Crippen molar-refractivity contribution >= 4 is 11.5 Å². The number of hydrogen-bond acceptors (Lipinski definition) is 4. The molecule has 1 aromatic carbocycles. The predicted octanol–water partition coefficient (Wildman–Crippen LogP) is 1.31. The molecule has 1 aliphatic rings. The van der Waals surface area contributed by atoms with Gasteiger partial charge in [0, 0.05) is 30.9 Å². The number of nitrogens with zero attached hydrogens (tertiary/aromatic N) is 1. The number of carbonyl (C=O) groups is 1. The second kappa shape index (κ2) is 5.98. The largest absolute Gasteiger partial charge is 0.373 e. The van der Waals surface area contributed by atoms with Crippen molar-refractivity contribution in [2.45, 2.75) is 13.0 Å². The summed E-state index contributed by atoms with van der Waals surface area (Å²) in [5.74, 6) is 0.108. The van der Waals surface area contributed by atoms with E-state index in [-0.39, 0.29) is 11.9 Å². The van der Waals surface area contributed by atoms with Crippen LogP contribution in [0.5, 0.6) is 0 Å². The smallest absolute Gasteiger partial charge is 0.159 e. The molecule has 1 fully saturated rings. The average Bonchev–Trinajstić information content (AvgIpc) is 2.39. The normalized spacial score (nSPS) is 19.9. The van der Waals surface area contributed by atoms with E-state index < -0.39 is 0 Å². The molecule has 1 N–H and O–H groups in total. The lowest BCUT2D eigenvalue weighted by atomic mass is 10.1. The van der Waals surface area contributed by atoms with Crippen molar-refractivity contribution < 1.29 is 9.53 Å². The molecular weight excluding hydrogens is 228 g/mol. The maximum atomic E-state index is 11.4. The molecule has 1 saturated heterocycles. The first-order valence-corrected chi connectivity index (χ1v) is 6.33. The van der Waals surface area contributed by atoms with Gasteiger partial charge < -0.3 is 15.0 Å². The maximum absolute atomic E-state index is 11.4. The van der Waals surface area contributed by atoms with Crippen LogP contribution in [-0.2, 0) is 4.74 Å². The Balaban J connectivity index is 2.10. The van der Waals surface area contributed by atoms with E-state index in [2.05, 4.69) is 10.2 Å². The molecule has 98 valence electrons. The van der Waals surface area contributed by atoms with E-state index in [0.717, 1.165) is 37.5 Å². The third-order valence-corrected chi connectivity index (χ3v) is 3.19. The van der Waals surface area contributed by atoms with Gasteiger partial charge in [-0.3, -0.25) is 4.79 Å². The van der Waals surface area contributed by atoms with Gasteiger partial charge in [-0.2, -0.15) is 0 Å². The summed E-state index contributed by atoms with van der Waals surface area (Å²) in [5, 5.41) is 3.13. The van der Waals surface area contributed by atoms with E-state index in [4.69, 9.17) is 4.74 Å². The van der Waals surface area contributed by atoms with Crippen molar-refractivity contribution in [2.75, 3.05) is 38.2 Å². The summed E-state index contributed by atoms with van der Waals surface area (Å²) in [6.07, 6.45) is 0.213. The highest BCUT2D eigenvalue weighted by atomic mass is 16.5. The van der Waals surface area contributed by atoms with Crippen molar-refractivity contribution in [1.82, 2.24) is 5.32 Å². The second-order valence-electron chi connectivity index (χ2n) is 4.60. The van der Waals surface area contributed by atoms with E-state index in [9.17, 15) is 4.79 Å². The van der Waals surface area contributed by atoms with Crippen LogP contribution in [0.3, 0.4) is 0 Å². The van der Waals surface area contributed by atoms with E-state index in [0.29, 0.717) is 0 Å². The van der Waals surface area contributed by atoms with Gasteiger partial charge in [0.05, 0.1) is 12.7 Å². The molecule has 0 bridgehead atoms. The summed E-state index contributed by atoms with van der Waals surface area (Å²) in [6.45, 7) is 4.92. The van der Waals surface area contributed by atoms with Crippen molar-refractivity contribution in [3.63, 3.8) is 0 Å². The fourth-order valence-electron chi connectivity index (χ4n) is 2.23. The van der Waals surface area contributed by atoms with Gasteiger partial charge in [0.15, 0.2) is 5.78 Å². The number of Topliss-reactive ketones (excluding diaryl/α,β-unsaturated/α-hetero) is 1. The quantitative estimate of drug-likeness (QED) is 0.816. The molecule has 18 heavy (non-hydrogen) atoms. The van der Waals surface area contributed by atoms with Gasteiger partial charge in [-0.05, 0) is 26.1 Å². The molecule has 0 aliphatic carbocycles. The monoisotopic (exact) mass is 248 g/mol. The van der Waals surface area contributed by atoms with Crippen LogP contribution in [-0.4, -0.2) is 45.2 Å². The number of anilines is 1. The Bertz CT molecular complexity index is 418. The summed E-state index contributed by atoms with van der Waals surface area (Å²) in [5.41, 5.74) is 1.87. The van der Waals surface area contributed by atoms with E-state index in [1.807, 2.05) is 31.3 Å². The van der Waals surface area contributed by atoms with Crippen molar-refractivity contribution in [3.05, 3.63) is 29.8 Å². The molecule has 2 rings (SSSR count). The van der Waals surface area contributed by atoms with Crippen LogP contribution in [0.25, 0.3) is 0 Å². The number of ketones is 1. The Labute approximate surface area is 108 Å². The molecule has 0 saturated carbocycles. The lowest BCUT2D eigenvalue weighted by molar-refractivity contribution is 0.0422. The van der Waals surface area contributed by atoms with Crippen LogP contribution in [0.15, 0.2) is 24.3 Å². The molecule has 1 aromatic rings. The first-order chi connectivity index (χ1) is 8.70. The van der Waals surface area contributed by atoms with E-state index in [1.165, 1.54) is 0 Å². The number of likely N-dealkylation sites (N-methyl/N-ethyl adjacent to an activating group) is 1. The number of morpholine rings is 1. The molecule has 1 heterocycles. The molecule has 0 aromatic heterocycles. The standard InChI is InChI=1S/C14H20N2O2/c1-11(17)12-4-3-5-13(8-12)16-6-7-18-14(10-16)9-15-2/h3-5,8,14-15H,6-7,9-10H2,1-2H3. The molecular formula is C14H20N2O2. The van der Waals surface area contributed by atoms with E-state index >= 15 is 0 Å². The Morgan fingerprint density at radius 3 is 3.11 bits per heavy atom. The van der Waals surface area contributed by atoms with Crippen molar-refractivity contribution in [1.29, 1.82) is 0 Å². The van der Waals surface area contributed by atoms with Crippen LogP contribution < -0.4 is 10.2 Å². The highest BCUT2D eigenvalue weighted by Crippen LogP contribution is 2.19. The first kappa shape index (κ1) is 13.1. The number of rotatable bonds is 4. The molecule has 1 aliphatic heterocycles. The predicted molar refractivity (Wildman–Crippen MR) is 72.3 cm³/mol. The minimum atomic E-state index is 0.108. The highest BCUT2D eigenvalue weighted by Gasteiger charge is 2.20. The minimum Gasteiger partial charge on any atom is -0.373 e. The minimum absolute atomic E-state index is 0.108. The third-order valence-electron chi connectivity index (χ3n) is 3.19. The van der Waals surface area contributed by atoms with Crippen molar-refractivity contribution in [3.8, 4) is 0 Å². The molecule has 1 atom stereocenters. The number of benzene rings is 1. The Kier molecular flexibility index (Phi) is 4.33. The molecule has 4 nitrogen and oxygen atoms in total. The third kappa shape index (κ3) is 3.09. The zero-order chi connectivity index (χ0) is 13.0. The second-order valence-corrected chi connectivity index (χ2v) is 4.60. The molecule has 0 spiro atoms. The Morgan fingerprint density at radius 2 is 2.39 bits per heavy atom. The fraction of sp³-hybridized carbons (Fsp3) is 0.500. The topological polar surface area (TPSA) is 41.6 Å². The lowest BCUT2D eigenvalue weighted by Crippen LogP contribution is -2.46. The van der Waals surface area contributed by atoms with Crippen LogP contribution >= 0.6 is 0 Å². The first-order valence-electron chi connectivity index (χ1n) is 6.33. The molecule has 0 radical (unpaired) electrons. The molecule has 4 heteroatoms. The fourth-order valence-corrected chi connectivity index (χ4v) is 2.23. The maximum Gasteiger partial charge on any atom is 0.159 e. The zero-order valence-corrected chi connectivity index (χ0v) is 11.0. The summed E-state index contributed by atoms with van der Waals surface area (Å²) in [7, 11) is 1.93. The summed E-state index contributed by atoms with van der Waals surface area (Å²) < 4.78 is 5.68. The number of ether oxygens (including phenoxy) is 1.